The average molecular weight is 171 g/mol. The van der Waals surface area contributed by atoms with Crippen LogP contribution in [0.25, 0.3) is 0 Å². The highest BCUT2D eigenvalue weighted by Gasteiger charge is 1.93. The van der Waals surface area contributed by atoms with E-state index in [2.05, 4.69) is 10.3 Å². The van der Waals surface area contributed by atoms with Crippen molar-refractivity contribution in [2.24, 2.45) is 0 Å². The lowest BCUT2D eigenvalue weighted by Crippen LogP contribution is -2.10. The average Bonchev–Trinajstić information content (AvgIpc) is 2.01. The second-order valence-electron chi connectivity index (χ2n) is 2.31. The molecule has 0 aliphatic carbocycles. The van der Waals surface area contributed by atoms with Crippen LogP contribution in [-0.2, 0) is 6.42 Å². The first kappa shape index (κ1) is 8.50. The van der Waals surface area contributed by atoms with Crippen molar-refractivity contribution in [3.63, 3.8) is 0 Å². The molecule has 0 atom stereocenters. The highest BCUT2D eigenvalue weighted by atomic mass is 35.5. The van der Waals surface area contributed by atoms with Crippen LogP contribution in [0.1, 0.15) is 5.69 Å². The van der Waals surface area contributed by atoms with Crippen molar-refractivity contribution in [2.75, 3.05) is 13.6 Å². The first-order valence-corrected chi connectivity index (χ1v) is 3.97. The van der Waals surface area contributed by atoms with Gasteiger partial charge in [0.25, 0.3) is 0 Å². The molecule has 0 unspecified atom stereocenters. The molecule has 0 saturated carbocycles. The second kappa shape index (κ2) is 4.31. The zero-order chi connectivity index (χ0) is 8.10. The van der Waals surface area contributed by atoms with Gasteiger partial charge in [-0.3, -0.25) is 0 Å². The van der Waals surface area contributed by atoms with Gasteiger partial charge in [-0.25, -0.2) is 4.98 Å². The maximum atomic E-state index is 5.69. The first-order valence-electron chi connectivity index (χ1n) is 3.59. The van der Waals surface area contributed by atoms with Crippen LogP contribution in [0.3, 0.4) is 0 Å². The summed E-state index contributed by atoms with van der Waals surface area (Å²) < 4.78 is 0. The maximum Gasteiger partial charge on any atom is 0.129 e. The van der Waals surface area contributed by atoms with Gasteiger partial charge in [0.15, 0.2) is 0 Å². The Balaban J connectivity index is 2.56. The summed E-state index contributed by atoms with van der Waals surface area (Å²) in [5.74, 6) is 0. The minimum Gasteiger partial charge on any atom is -0.319 e. The molecule has 0 aliphatic heterocycles. The number of rotatable bonds is 3. The highest BCUT2D eigenvalue weighted by Crippen LogP contribution is 2.04. The third-order valence-corrected chi connectivity index (χ3v) is 1.61. The summed E-state index contributed by atoms with van der Waals surface area (Å²) in [5, 5.41) is 3.62. The van der Waals surface area contributed by atoms with Crippen molar-refractivity contribution in [3.8, 4) is 0 Å². The van der Waals surface area contributed by atoms with Gasteiger partial charge in [0.1, 0.15) is 5.15 Å². The Labute approximate surface area is 71.6 Å². The Morgan fingerprint density at radius 2 is 2.36 bits per heavy atom. The molecule has 60 valence electrons. The molecule has 1 N–H and O–H groups in total. The van der Waals surface area contributed by atoms with Crippen LogP contribution < -0.4 is 5.32 Å². The highest BCUT2D eigenvalue weighted by molar-refractivity contribution is 6.29. The number of hydrogen-bond donors (Lipinski definition) is 1. The van der Waals surface area contributed by atoms with E-state index in [-0.39, 0.29) is 0 Å². The van der Waals surface area contributed by atoms with Crippen LogP contribution >= 0.6 is 11.6 Å². The molecule has 0 aliphatic rings. The van der Waals surface area contributed by atoms with Crippen LogP contribution in [0.2, 0.25) is 5.15 Å². The molecule has 3 heteroatoms. The summed E-state index contributed by atoms with van der Waals surface area (Å²) in [7, 11) is 1.92. The van der Waals surface area contributed by atoms with Gasteiger partial charge >= 0.3 is 0 Å². The largest absolute Gasteiger partial charge is 0.319 e. The maximum absolute atomic E-state index is 5.69. The van der Waals surface area contributed by atoms with E-state index in [1.54, 1.807) is 6.07 Å². The van der Waals surface area contributed by atoms with Gasteiger partial charge in [0, 0.05) is 18.7 Å². The van der Waals surface area contributed by atoms with E-state index >= 15 is 0 Å². The molecule has 0 aromatic carbocycles. The van der Waals surface area contributed by atoms with E-state index in [9.17, 15) is 0 Å². The summed E-state index contributed by atoms with van der Waals surface area (Å²) in [4.78, 5) is 4.14. The normalized spacial score (nSPS) is 10.0. The molecular formula is C8H11ClN2. The predicted octanol–water partition coefficient (Wildman–Crippen LogP) is 1.50. The monoisotopic (exact) mass is 170 g/mol. The summed E-state index contributed by atoms with van der Waals surface area (Å²) in [6, 6.07) is 5.67. The minimum atomic E-state index is 0.568. The van der Waals surface area contributed by atoms with E-state index in [0.717, 1.165) is 18.7 Å². The van der Waals surface area contributed by atoms with E-state index in [4.69, 9.17) is 11.6 Å². The van der Waals surface area contributed by atoms with Crippen molar-refractivity contribution in [1.29, 1.82) is 0 Å². The number of aromatic nitrogens is 1. The van der Waals surface area contributed by atoms with Gasteiger partial charge in [0.05, 0.1) is 0 Å². The first-order chi connectivity index (χ1) is 5.33. The number of nitrogens with one attached hydrogen (secondary N) is 1. The molecule has 1 heterocycles. The Hall–Kier alpha value is -0.600. The van der Waals surface area contributed by atoms with Gasteiger partial charge in [0.2, 0.25) is 0 Å². The number of pyridine rings is 1. The molecule has 0 spiro atoms. The molecule has 1 aromatic rings. The van der Waals surface area contributed by atoms with Crippen LogP contribution in [0.15, 0.2) is 18.2 Å². The summed E-state index contributed by atoms with van der Waals surface area (Å²) >= 11 is 5.69. The zero-order valence-electron chi connectivity index (χ0n) is 6.47. The quantitative estimate of drug-likeness (QED) is 0.696. The molecule has 0 saturated heterocycles. The standard InChI is InChI=1S/C8H11ClN2/c1-10-6-5-7-3-2-4-8(9)11-7/h2-4,10H,5-6H2,1H3. The fraction of sp³-hybridized carbons (Fsp3) is 0.375. The van der Waals surface area contributed by atoms with Crippen molar-refractivity contribution < 1.29 is 0 Å². The topological polar surface area (TPSA) is 24.9 Å². The number of likely N-dealkylation sites (N-methyl/N-ethyl adjacent to an activating group) is 1. The molecule has 0 radical (unpaired) electrons. The number of hydrogen-bond acceptors (Lipinski definition) is 2. The minimum absolute atomic E-state index is 0.568. The Kier molecular flexibility index (Phi) is 3.33. The van der Waals surface area contributed by atoms with Crippen molar-refractivity contribution in [1.82, 2.24) is 10.3 Å². The summed E-state index contributed by atoms with van der Waals surface area (Å²) in [6.07, 6.45) is 0.928. The zero-order valence-corrected chi connectivity index (χ0v) is 7.23. The van der Waals surface area contributed by atoms with Crippen LogP contribution in [0, 0.1) is 0 Å². The molecule has 1 rings (SSSR count). The Morgan fingerprint density at radius 1 is 1.55 bits per heavy atom. The van der Waals surface area contributed by atoms with Gasteiger partial charge in [-0.15, -0.1) is 0 Å². The predicted molar refractivity (Wildman–Crippen MR) is 46.9 cm³/mol. The SMILES string of the molecule is CNCCc1cccc(Cl)n1. The van der Waals surface area contributed by atoms with Crippen LogP contribution in [0.5, 0.6) is 0 Å². The lowest BCUT2D eigenvalue weighted by molar-refractivity contribution is 0.776. The fourth-order valence-electron chi connectivity index (χ4n) is 0.843. The van der Waals surface area contributed by atoms with E-state index in [1.807, 2.05) is 19.2 Å². The molecule has 11 heavy (non-hydrogen) atoms. The third kappa shape index (κ3) is 2.87. The van der Waals surface area contributed by atoms with E-state index in [1.165, 1.54) is 0 Å². The van der Waals surface area contributed by atoms with Gasteiger partial charge in [-0.05, 0) is 19.2 Å². The molecule has 1 aromatic heterocycles. The van der Waals surface area contributed by atoms with Crippen molar-refractivity contribution in [2.45, 2.75) is 6.42 Å². The van der Waals surface area contributed by atoms with Crippen LogP contribution in [-0.4, -0.2) is 18.6 Å². The van der Waals surface area contributed by atoms with Crippen molar-refractivity contribution in [3.05, 3.63) is 29.0 Å². The fourth-order valence-corrected chi connectivity index (χ4v) is 1.02. The molecule has 2 nitrogen and oxygen atoms in total. The van der Waals surface area contributed by atoms with Gasteiger partial charge in [-0.1, -0.05) is 17.7 Å². The molecule has 0 amide bonds. The Morgan fingerprint density at radius 3 is 3.00 bits per heavy atom. The lowest BCUT2D eigenvalue weighted by Gasteiger charge is -1.98. The molecule has 0 bridgehead atoms. The number of nitrogens with zero attached hydrogens (tertiary/aromatic N) is 1. The van der Waals surface area contributed by atoms with Crippen molar-refractivity contribution >= 4 is 11.6 Å². The summed E-state index contributed by atoms with van der Waals surface area (Å²) in [6.45, 7) is 0.938. The van der Waals surface area contributed by atoms with E-state index in [0.29, 0.717) is 5.15 Å². The van der Waals surface area contributed by atoms with E-state index < -0.39 is 0 Å². The Bertz CT molecular complexity index is 225. The second-order valence-corrected chi connectivity index (χ2v) is 2.69. The number of halogens is 1. The molecule has 0 fully saturated rings. The smallest absolute Gasteiger partial charge is 0.129 e. The third-order valence-electron chi connectivity index (χ3n) is 1.40. The van der Waals surface area contributed by atoms with Gasteiger partial charge in [-0.2, -0.15) is 0 Å². The lowest BCUT2D eigenvalue weighted by atomic mass is 10.3. The molecular weight excluding hydrogens is 160 g/mol. The van der Waals surface area contributed by atoms with Gasteiger partial charge < -0.3 is 5.32 Å². The van der Waals surface area contributed by atoms with Crippen LogP contribution in [0.4, 0.5) is 0 Å². The summed E-state index contributed by atoms with van der Waals surface area (Å²) in [5.41, 5.74) is 1.03.